The summed E-state index contributed by atoms with van der Waals surface area (Å²) < 4.78 is 0. The fourth-order valence-corrected chi connectivity index (χ4v) is 0. The first-order chi connectivity index (χ1) is 2.00. The Morgan fingerprint density at radius 1 is 0.875 bits per heavy atom. The molecule has 0 saturated carbocycles. The Balaban J connectivity index is -0.0000000267. The molecular formula is CaGaO4SiTa+6. The van der Waals surface area contributed by atoms with Crippen molar-refractivity contribution in [2.45, 2.75) is 0 Å². The molecule has 8 heteroatoms. The molecule has 0 spiro atoms. The molecule has 0 bridgehead atoms. The van der Waals surface area contributed by atoms with E-state index in [1.165, 1.54) is 0 Å². The zero-order valence-electron chi connectivity index (χ0n) is 3.86. The van der Waals surface area contributed by atoms with Crippen LogP contribution in [0.15, 0.2) is 0 Å². The molecule has 0 aliphatic rings. The van der Waals surface area contributed by atoms with Gasteiger partial charge in [0, 0.05) is 0 Å². The zero-order chi connectivity index (χ0) is 4.50. The van der Waals surface area contributed by atoms with Crippen LogP contribution in [-0.4, -0.2) is 66.6 Å². The van der Waals surface area contributed by atoms with Gasteiger partial charge < -0.3 is 28.2 Å². The van der Waals surface area contributed by atoms with Crippen molar-refractivity contribution < 1.29 is 41.6 Å². The standard InChI is InChI=1S/Ca.Ga.O4Si.Ta/c;;1-5(2,3)4;/q+2;+3;-4;+5. The Hall–Kier alpha value is 2.69. The molecule has 0 aliphatic heterocycles. The molecule has 0 aromatic carbocycles. The SMILES string of the molecule is [Ca+2].[Ga+3].[O-][Si]([O-])([O-])[O-].[Ta+5]. The van der Waals surface area contributed by atoms with E-state index < -0.39 is 9.05 Å². The van der Waals surface area contributed by atoms with Crippen LogP contribution in [0, 0.1) is 0 Å². The maximum atomic E-state index is 8.58. The summed E-state index contributed by atoms with van der Waals surface area (Å²) in [5.41, 5.74) is 0. The van der Waals surface area contributed by atoms with E-state index in [1.54, 1.807) is 0 Å². The van der Waals surface area contributed by atoms with Crippen LogP contribution < -0.4 is 19.2 Å². The monoisotopic (exact) mass is 382 g/mol. The van der Waals surface area contributed by atoms with Gasteiger partial charge in [-0.05, 0) is 0 Å². The summed E-state index contributed by atoms with van der Waals surface area (Å²) >= 11 is 0. The van der Waals surface area contributed by atoms with E-state index in [4.69, 9.17) is 19.2 Å². The van der Waals surface area contributed by atoms with Crippen LogP contribution in [0.5, 0.6) is 0 Å². The van der Waals surface area contributed by atoms with E-state index in [2.05, 4.69) is 0 Å². The Kier molecular flexibility index (Phi) is 27.2. The van der Waals surface area contributed by atoms with Gasteiger partial charge in [-0.2, -0.15) is 0 Å². The fraction of sp³-hybridized carbons (Fsp3) is 0. The van der Waals surface area contributed by atoms with Gasteiger partial charge in [0.2, 0.25) is 0 Å². The van der Waals surface area contributed by atoms with Crippen molar-refractivity contribution in [1.29, 1.82) is 0 Å². The molecule has 8 heavy (non-hydrogen) atoms. The zero-order valence-corrected chi connectivity index (χ0v) is 12.7. The van der Waals surface area contributed by atoms with E-state index in [9.17, 15) is 0 Å². The molecule has 0 amide bonds. The van der Waals surface area contributed by atoms with Crippen molar-refractivity contribution in [1.82, 2.24) is 0 Å². The van der Waals surface area contributed by atoms with Gasteiger partial charge in [-0.1, -0.05) is 0 Å². The topological polar surface area (TPSA) is 92.2 Å². The van der Waals surface area contributed by atoms with Crippen LogP contribution in [0.4, 0.5) is 0 Å². The van der Waals surface area contributed by atoms with E-state index in [-0.39, 0.29) is 79.9 Å². The molecule has 0 N–H and O–H groups in total. The van der Waals surface area contributed by atoms with Gasteiger partial charge in [-0.25, -0.2) is 0 Å². The van der Waals surface area contributed by atoms with Gasteiger partial charge in [-0.15, -0.1) is 0 Å². The largest absolute Gasteiger partial charge is 5.00 e. The van der Waals surface area contributed by atoms with E-state index in [0.717, 1.165) is 0 Å². The first kappa shape index (κ1) is 22.4. The summed E-state index contributed by atoms with van der Waals surface area (Å²) in [6.45, 7) is 0. The van der Waals surface area contributed by atoms with Crippen LogP contribution in [-0.2, 0) is 22.4 Å². The molecule has 0 radical (unpaired) electrons. The molecule has 0 aromatic rings. The smallest absolute Gasteiger partial charge is 0.894 e. The average molecular weight is 383 g/mol. The number of hydrogen-bond donors (Lipinski definition) is 0. The van der Waals surface area contributed by atoms with Gasteiger partial charge >= 0.3 is 79.9 Å². The van der Waals surface area contributed by atoms with Gasteiger partial charge in [0.25, 0.3) is 0 Å². The molecule has 32 valence electrons. The fourth-order valence-electron chi connectivity index (χ4n) is 0. The van der Waals surface area contributed by atoms with Gasteiger partial charge in [0.05, 0.1) is 0 Å². The first-order valence-corrected chi connectivity index (χ1v) is 2.45. The van der Waals surface area contributed by atoms with Crippen LogP contribution in [0.2, 0.25) is 0 Å². The van der Waals surface area contributed by atoms with E-state index in [1.807, 2.05) is 0 Å². The third kappa shape index (κ3) is 70.9. The molecule has 0 atom stereocenters. The summed E-state index contributed by atoms with van der Waals surface area (Å²) in [7, 11) is -5.61. The van der Waals surface area contributed by atoms with Crippen LogP contribution >= 0.6 is 0 Å². The summed E-state index contributed by atoms with van der Waals surface area (Å²) in [6.07, 6.45) is 0. The van der Waals surface area contributed by atoms with E-state index in [0.29, 0.717) is 0 Å². The van der Waals surface area contributed by atoms with Crippen LogP contribution in [0.3, 0.4) is 0 Å². The predicted molar refractivity (Wildman–Crippen MR) is 17.3 cm³/mol. The summed E-state index contributed by atoms with van der Waals surface area (Å²) in [4.78, 5) is 34.3. The molecule has 0 unspecified atom stereocenters. The van der Waals surface area contributed by atoms with Gasteiger partial charge in [0.15, 0.2) is 0 Å². The summed E-state index contributed by atoms with van der Waals surface area (Å²) in [5, 5.41) is 0. The van der Waals surface area contributed by atoms with Crippen molar-refractivity contribution in [3.63, 3.8) is 0 Å². The second kappa shape index (κ2) is 9.69. The Bertz CT molecular complexity index is 31.5. The maximum absolute atomic E-state index is 8.58. The number of hydrogen-bond acceptors (Lipinski definition) is 4. The summed E-state index contributed by atoms with van der Waals surface area (Å²) in [5.74, 6) is 0. The third-order valence-corrected chi connectivity index (χ3v) is 0. The second-order valence-corrected chi connectivity index (χ2v) is 1.50. The van der Waals surface area contributed by atoms with Crippen molar-refractivity contribution in [2.24, 2.45) is 0 Å². The Morgan fingerprint density at radius 2 is 0.875 bits per heavy atom. The molecule has 0 aromatic heterocycles. The van der Waals surface area contributed by atoms with Crippen LogP contribution in [0.1, 0.15) is 0 Å². The minimum atomic E-state index is -5.61. The van der Waals surface area contributed by atoms with Crippen molar-refractivity contribution >= 4 is 66.6 Å². The molecule has 0 aliphatic carbocycles. The molecule has 4 nitrogen and oxygen atoms in total. The molecule has 0 rings (SSSR count). The molecular weight excluding hydrogens is 383 g/mol. The molecule has 0 saturated heterocycles. The molecule has 0 heterocycles. The Morgan fingerprint density at radius 3 is 0.875 bits per heavy atom. The first-order valence-electron chi connectivity index (χ1n) is 0.816. The number of rotatable bonds is 0. The minimum Gasteiger partial charge on any atom is -0.894 e. The van der Waals surface area contributed by atoms with Crippen molar-refractivity contribution in [3.05, 3.63) is 0 Å². The predicted octanol–water partition coefficient (Wildman–Crippen LogP) is -5.90. The summed E-state index contributed by atoms with van der Waals surface area (Å²) in [6, 6.07) is 0. The average Bonchev–Trinajstić information content (AvgIpc) is 0.722. The maximum Gasteiger partial charge on any atom is 5.00 e. The Labute approximate surface area is 106 Å². The third-order valence-electron chi connectivity index (χ3n) is 0. The minimum absolute atomic E-state index is 0. The second-order valence-electron chi connectivity index (χ2n) is 0.500. The van der Waals surface area contributed by atoms with Crippen LogP contribution in [0.25, 0.3) is 0 Å². The van der Waals surface area contributed by atoms with Crippen molar-refractivity contribution in [3.8, 4) is 0 Å². The molecule has 0 fully saturated rings. The van der Waals surface area contributed by atoms with Crippen molar-refractivity contribution in [2.75, 3.05) is 0 Å². The van der Waals surface area contributed by atoms with Gasteiger partial charge in [0.1, 0.15) is 0 Å². The van der Waals surface area contributed by atoms with Gasteiger partial charge in [-0.3, -0.25) is 0 Å². The normalized spacial score (nSPS) is 7.50. The quantitative estimate of drug-likeness (QED) is 0.390. The van der Waals surface area contributed by atoms with E-state index >= 15 is 0 Å².